The number of nitrogens with zero attached hydrogens (tertiary/aromatic N) is 3. The molecule has 1 rings (SSSR count). The minimum absolute atomic E-state index is 0. The van der Waals surface area contributed by atoms with E-state index in [2.05, 4.69) is 56.2 Å². The number of rotatable bonds is 15. The van der Waals surface area contributed by atoms with Crippen LogP contribution >= 0.6 is 15.2 Å². The summed E-state index contributed by atoms with van der Waals surface area (Å²) < 4.78 is 23.6. The van der Waals surface area contributed by atoms with Crippen LogP contribution in [0.2, 0.25) is 0 Å². The summed E-state index contributed by atoms with van der Waals surface area (Å²) >= 11 is 0. The van der Waals surface area contributed by atoms with E-state index in [-0.39, 0.29) is 124 Å². The fourth-order valence-corrected chi connectivity index (χ4v) is 5.55. The summed E-state index contributed by atoms with van der Waals surface area (Å²) in [5.41, 5.74) is 5.22. The Morgan fingerprint density at radius 2 is 1.18 bits per heavy atom. The molecule has 1 heterocycles. The molecule has 0 unspecified atom stereocenters. The third kappa shape index (κ3) is 23.5. The Bertz CT molecular complexity index is 1020. The van der Waals surface area contributed by atoms with Crippen LogP contribution in [0.3, 0.4) is 0 Å². The van der Waals surface area contributed by atoms with Gasteiger partial charge in [0.25, 0.3) is 0 Å². The van der Waals surface area contributed by atoms with Crippen molar-refractivity contribution in [1.82, 2.24) is 15.0 Å². The van der Waals surface area contributed by atoms with Crippen molar-refractivity contribution in [3.05, 3.63) is 58.5 Å². The van der Waals surface area contributed by atoms with Gasteiger partial charge in [-0.2, -0.15) is 0 Å². The third-order valence-electron chi connectivity index (χ3n) is 5.49. The molecule has 15 heteroatoms. The molecular formula is C24H37N3Na4O6P2. The van der Waals surface area contributed by atoms with E-state index in [0.717, 1.165) is 44.1 Å². The molecule has 1 aromatic rings. The first-order chi connectivity index (χ1) is 16.2. The van der Waals surface area contributed by atoms with Crippen LogP contribution in [-0.4, -0.2) is 20.4 Å². The molecule has 0 amide bonds. The standard InChI is InChI=1S/C24H41N3O6P2.4Na/c1-19(2)9-6-10-20(3)11-7-12-21(4)13-8-14-22(5)15-16-27-18-23(25-26-27)17-24(34(28,29)30)35(31,32)33;;;;/h9,11,13,15,18,24H,6-8,10,12,14,16-17H2,1-5H3,(H2,28,29,30)(H2,31,32,33);;;;/q;4*+1/p-4/b20-11+,21-13+,22-15+;;;;. The average Bonchev–Trinajstić information content (AvgIpc) is 3.16. The van der Waals surface area contributed by atoms with Crippen molar-refractivity contribution in [2.45, 2.75) is 91.5 Å². The monoisotopic (exact) mass is 617 g/mol. The molecule has 1 aromatic heterocycles. The van der Waals surface area contributed by atoms with Crippen molar-refractivity contribution in [3.63, 3.8) is 0 Å². The van der Waals surface area contributed by atoms with Crippen molar-refractivity contribution in [1.29, 1.82) is 0 Å². The summed E-state index contributed by atoms with van der Waals surface area (Å²) in [6, 6.07) is 0. The summed E-state index contributed by atoms with van der Waals surface area (Å²) in [6.07, 6.45) is 15.3. The second-order valence-corrected chi connectivity index (χ2v) is 13.1. The van der Waals surface area contributed by atoms with Crippen LogP contribution in [-0.2, 0) is 22.1 Å². The predicted octanol–water partition coefficient (Wildman–Crippen LogP) is -8.86. The maximum absolute atomic E-state index is 11.1. The van der Waals surface area contributed by atoms with E-state index in [1.807, 2.05) is 13.0 Å². The van der Waals surface area contributed by atoms with Crippen LogP contribution in [0.1, 0.15) is 78.8 Å². The zero-order valence-electron chi connectivity index (χ0n) is 25.3. The van der Waals surface area contributed by atoms with Crippen LogP contribution in [0.25, 0.3) is 0 Å². The molecule has 198 valence electrons. The third-order valence-corrected chi connectivity index (χ3v) is 9.01. The Balaban J connectivity index is -0.00000153. The maximum Gasteiger partial charge on any atom is 1.00 e. The first kappa shape index (κ1) is 48.3. The fourth-order valence-electron chi connectivity index (χ4n) is 3.34. The van der Waals surface area contributed by atoms with Gasteiger partial charge in [0.15, 0.2) is 0 Å². The van der Waals surface area contributed by atoms with Gasteiger partial charge < -0.3 is 28.7 Å². The Morgan fingerprint density at radius 1 is 0.769 bits per heavy atom. The van der Waals surface area contributed by atoms with Crippen LogP contribution in [0.15, 0.2) is 52.8 Å². The average molecular weight is 617 g/mol. The van der Waals surface area contributed by atoms with Crippen LogP contribution in [0.4, 0.5) is 0 Å². The summed E-state index contributed by atoms with van der Waals surface area (Å²) in [5.74, 6) is 0. The molecule has 0 N–H and O–H groups in total. The molecule has 0 spiro atoms. The Morgan fingerprint density at radius 3 is 1.59 bits per heavy atom. The summed E-state index contributed by atoms with van der Waals surface area (Å²) in [7, 11) is -11.2. The first-order valence-electron chi connectivity index (χ1n) is 11.7. The van der Waals surface area contributed by atoms with Crippen molar-refractivity contribution in [3.8, 4) is 0 Å². The van der Waals surface area contributed by atoms with Gasteiger partial charge in [-0.3, -0.25) is 0 Å². The largest absolute Gasteiger partial charge is 1.00 e. The zero-order valence-corrected chi connectivity index (χ0v) is 35.1. The van der Waals surface area contributed by atoms with E-state index in [0.29, 0.717) is 6.54 Å². The van der Waals surface area contributed by atoms with Gasteiger partial charge in [-0.15, -0.1) is 5.10 Å². The first-order valence-corrected chi connectivity index (χ1v) is 14.9. The van der Waals surface area contributed by atoms with E-state index >= 15 is 0 Å². The smallest absolute Gasteiger partial charge is 0.810 e. The van der Waals surface area contributed by atoms with Gasteiger partial charge in [0.05, 0.1) is 12.2 Å². The van der Waals surface area contributed by atoms with E-state index in [9.17, 15) is 28.7 Å². The number of aromatic nitrogens is 3. The van der Waals surface area contributed by atoms with Crippen molar-refractivity contribution in [2.75, 3.05) is 0 Å². The molecule has 0 bridgehead atoms. The molecule has 0 radical (unpaired) electrons. The molecule has 0 saturated carbocycles. The van der Waals surface area contributed by atoms with Crippen molar-refractivity contribution < 1.29 is 147 Å². The quantitative estimate of drug-likeness (QED) is 0.107. The Labute approximate surface area is 322 Å². The number of hydrogen-bond donors (Lipinski definition) is 0. The molecule has 0 aliphatic carbocycles. The van der Waals surface area contributed by atoms with Gasteiger partial charge in [-0.25, -0.2) is 4.68 Å². The molecule has 0 saturated heterocycles. The van der Waals surface area contributed by atoms with Gasteiger partial charge in [-0.05, 0) is 73.1 Å². The van der Waals surface area contributed by atoms with Crippen LogP contribution in [0, 0.1) is 0 Å². The molecule has 0 aliphatic heterocycles. The van der Waals surface area contributed by atoms with Crippen molar-refractivity contribution >= 4 is 15.2 Å². The van der Waals surface area contributed by atoms with Gasteiger partial charge in [0, 0.05) is 18.0 Å². The zero-order chi connectivity index (χ0) is 26.6. The molecule has 9 nitrogen and oxygen atoms in total. The van der Waals surface area contributed by atoms with E-state index < -0.39 is 27.0 Å². The molecule has 0 aliphatic rings. The Kier molecular flexibility index (Phi) is 30.6. The normalized spacial score (nSPS) is 12.6. The van der Waals surface area contributed by atoms with Gasteiger partial charge in [0.2, 0.25) is 0 Å². The second-order valence-electron chi connectivity index (χ2n) is 9.25. The SMILES string of the molecule is CC(C)=CCC/C(C)=C/CC/C(C)=C/CC/C(C)=C/Cn1cc(CC(P(=O)([O-])[O-])P(=O)([O-])[O-])nn1.[Na+].[Na+].[Na+].[Na+]. The van der Waals surface area contributed by atoms with Gasteiger partial charge >= 0.3 is 118 Å². The van der Waals surface area contributed by atoms with E-state index in [4.69, 9.17) is 0 Å². The predicted molar refractivity (Wildman–Crippen MR) is 131 cm³/mol. The van der Waals surface area contributed by atoms with E-state index in [1.165, 1.54) is 27.6 Å². The van der Waals surface area contributed by atoms with Crippen LogP contribution < -0.4 is 138 Å². The number of hydrogen-bond acceptors (Lipinski definition) is 8. The summed E-state index contributed by atoms with van der Waals surface area (Å²) in [4.78, 5) is 44.5. The van der Waals surface area contributed by atoms with E-state index in [1.54, 1.807) is 0 Å². The van der Waals surface area contributed by atoms with Gasteiger partial charge in [-0.1, -0.05) is 67.0 Å². The molecule has 0 aromatic carbocycles. The minimum atomic E-state index is -5.61. The molecular weight excluding hydrogens is 580 g/mol. The second kappa shape index (κ2) is 24.7. The number of allylic oxidation sites excluding steroid dienone is 8. The molecule has 0 atom stereocenters. The molecule has 0 fully saturated rings. The van der Waals surface area contributed by atoms with Crippen molar-refractivity contribution in [2.24, 2.45) is 0 Å². The maximum atomic E-state index is 11.1. The summed E-state index contributed by atoms with van der Waals surface area (Å²) in [5, 5.41) is 4.92. The topological polar surface area (TPSA) is 157 Å². The van der Waals surface area contributed by atoms with Crippen LogP contribution in [0.5, 0.6) is 0 Å². The van der Waals surface area contributed by atoms with Gasteiger partial charge in [0.1, 0.15) is 0 Å². The fraction of sp³-hybridized carbons (Fsp3) is 0.583. The minimum Gasteiger partial charge on any atom is -0.810 e. The summed E-state index contributed by atoms with van der Waals surface area (Å²) in [6.45, 7) is 10.9. The Hall–Kier alpha value is 2.40. The molecule has 39 heavy (non-hydrogen) atoms.